The molecule has 1 aromatic rings. The predicted octanol–water partition coefficient (Wildman–Crippen LogP) is 5.08. The standard InChI is InChI=1S/C17H25O2P/c1-12-10-13(2)16(14(3)11-12)17(18)20(4,19)15-8-6-5-7-9-15/h10-11,15H,5-9H2,1-4H3. The van der Waals surface area contributed by atoms with Crippen LogP contribution in [0, 0.1) is 20.8 Å². The Hall–Kier alpha value is -0.880. The first kappa shape index (κ1) is 15.5. The zero-order chi connectivity index (χ0) is 14.9. The van der Waals surface area contributed by atoms with Gasteiger partial charge in [-0.25, -0.2) is 0 Å². The van der Waals surface area contributed by atoms with E-state index < -0.39 is 7.14 Å². The summed E-state index contributed by atoms with van der Waals surface area (Å²) in [6.07, 6.45) is 5.34. The minimum atomic E-state index is -2.79. The zero-order valence-electron chi connectivity index (χ0n) is 13.0. The van der Waals surface area contributed by atoms with Crippen LogP contribution in [0.2, 0.25) is 0 Å². The van der Waals surface area contributed by atoms with Crippen molar-refractivity contribution < 1.29 is 9.36 Å². The van der Waals surface area contributed by atoms with Crippen molar-refractivity contribution in [3.63, 3.8) is 0 Å². The van der Waals surface area contributed by atoms with Crippen molar-refractivity contribution in [3.05, 3.63) is 34.4 Å². The highest BCUT2D eigenvalue weighted by molar-refractivity contribution is 7.81. The van der Waals surface area contributed by atoms with Crippen LogP contribution in [0.5, 0.6) is 0 Å². The van der Waals surface area contributed by atoms with Gasteiger partial charge in [0, 0.05) is 11.2 Å². The summed E-state index contributed by atoms with van der Waals surface area (Å²) in [4.78, 5) is 12.9. The van der Waals surface area contributed by atoms with Gasteiger partial charge >= 0.3 is 0 Å². The van der Waals surface area contributed by atoms with Gasteiger partial charge in [-0.3, -0.25) is 4.79 Å². The Bertz CT molecular complexity index is 545. The van der Waals surface area contributed by atoms with E-state index in [1.807, 2.05) is 32.9 Å². The van der Waals surface area contributed by atoms with E-state index in [2.05, 4.69) is 0 Å². The normalized spacial score (nSPS) is 19.6. The van der Waals surface area contributed by atoms with E-state index in [4.69, 9.17) is 0 Å². The van der Waals surface area contributed by atoms with Gasteiger partial charge in [-0.1, -0.05) is 37.0 Å². The van der Waals surface area contributed by atoms with Crippen molar-refractivity contribution in [3.8, 4) is 0 Å². The zero-order valence-corrected chi connectivity index (χ0v) is 13.9. The maximum absolute atomic E-state index is 13.1. The maximum Gasteiger partial charge on any atom is 0.221 e. The quantitative estimate of drug-likeness (QED) is 0.728. The second-order valence-corrected chi connectivity index (χ2v) is 9.48. The molecule has 0 amide bonds. The topological polar surface area (TPSA) is 34.1 Å². The fourth-order valence-corrected chi connectivity index (χ4v) is 5.96. The van der Waals surface area contributed by atoms with Crippen LogP contribution < -0.4 is 0 Å². The first-order valence-electron chi connectivity index (χ1n) is 7.54. The van der Waals surface area contributed by atoms with Crippen LogP contribution in [0.4, 0.5) is 0 Å². The lowest BCUT2D eigenvalue weighted by molar-refractivity contribution is 0.107. The molecule has 0 radical (unpaired) electrons. The monoisotopic (exact) mass is 292 g/mol. The number of carbonyl (C=O) groups is 1. The first-order valence-corrected chi connectivity index (χ1v) is 9.76. The Morgan fingerprint density at radius 2 is 1.55 bits per heavy atom. The number of aryl methyl sites for hydroxylation is 3. The van der Waals surface area contributed by atoms with Gasteiger partial charge in [0.1, 0.15) is 0 Å². The molecule has 1 atom stereocenters. The fraction of sp³-hybridized carbons (Fsp3) is 0.588. The third kappa shape index (κ3) is 2.91. The van der Waals surface area contributed by atoms with Crippen LogP contribution in [-0.2, 0) is 4.57 Å². The number of hydrogen-bond acceptors (Lipinski definition) is 2. The van der Waals surface area contributed by atoms with Gasteiger partial charge < -0.3 is 4.57 Å². The molecule has 0 N–H and O–H groups in total. The molecule has 1 aliphatic carbocycles. The van der Waals surface area contributed by atoms with E-state index in [0.717, 1.165) is 42.4 Å². The molecule has 1 unspecified atom stereocenters. The maximum atomic E-state index is 13.1. The highest BCUT2D eigenvalue weighted by Crippen LogP contribution is 2.55. The van der Waals surface area contributed by atoms with Crippen molar-refractivity contribution in [1.29, 1.82) is 0 Å². The average molecular weight is 292 g/mol. The molecule has 1 aliphatic rings. The summed E-state index contributed by atoms with van der Waals surface area (Å²) in [5.41, 5.74) is 3.78. The van der Waals surface area contributed by atoms with Gasteiger partial charge in [0.05, 0.1) is 0 Å². The minimum Gasteiger partial charge on any atom is -0.315 e. The summed E-state index contributed by atoms with van der Waals surface area (Å²) in [6.45, 7) is 7.65. The van der Waals surface area contributed by atoms with Crippen LogP contribution in [0.25, 0.3) is 0 Å². The van der Waals surface area contributed by atoms with E-state index in [-0.39, 0.29) is 11.2 Å². The van der Waals surface area contributed by atoms with Gasteiger partial charge in [-0.2, -0.15) is 0 Å². The molecule has 3 heteroatoms. The van der Waals surface area contributed by atoms with Gasteiger partial charge in [0.2, 0.25) is 5.52 Å². The molecule has 1 saturated carbocycles. The SMILES string of the molecule is Cc1cc(C)c(C(=O)P(C)(=O)C2CCCCC2)c(C)c1. The summed E-state index contributed by atoms with van der Waals surface area (Å²) >= 11 is 0. The van der Waals surface area contributed by atoms with Crippen LogP contribution in [0.15, 0.2) is 12.1 Å². The third-order valence-corrected chi connectivity index (χ3v) is 7.51. The van der Waals surface area contributed by atoms with E-state index >= 15 is 0 Å². The Kier molecular flexibility index (Phi) is 4.54. The molecule has 0 saturated heterocycles. The van der Waals surface area contributed by atoms with E-state index in [1.165, 1.54) is 6.42 Å². The highest BCUT2D eigenvalue weighted by atomic mass is 31.2. The second-order valence-electron chi connectivity index (χ2n) is 6.36. The lowest BCUT2D eigenvalue weighted by atomic mass is 10.0. The summed E-state index contributed by atoms with van der Waals surface area (Å²) < 4.78 is 13.1. The molecule has 2 nitrogen and oxygen atoms in total. The number of benzene rings is 1. The molecule has 0 aliphatic heterocycles. The minimum absolute atomic E-state index is 0.0978. The highest BCUT2D eigenvalue weighted by Gasteiger charge is 2.37. The van der Waals surface area contributed by atoms with Gasteiger partial charge in [-0.05, 0) is 51.4 Å². The molecule has 0 bridgehead atoms. The summed E-state index contributed by atoms with van der Waals surface area (Å²) in [6, 6.07) is 4.03. The van der Waals surface area contributed by atoms with Crippen molar-refractivity contribution in [2.45, 2.75) is 58.5 Å². The molecule has 0 heterocycles. The number of hydrogen-bond donors (Lipinski definition) is 0. The van der Waals surface area contributed by atoms with Crippen LogP contribution >= 0.6 is 7.14 Å². The lowest BCUT2D eigenvalue weighted by Gasteiger charge is -2.27. The Morgan fingerprint density at radius 1 is 1.05 bits per heavy atom. The van der Waals surface area contributed by atoms with Crippen molar-refractivity contribution >= 4 is 12.7 Å². The largest absolute Gasteiger partial charge is 0.315 e. The van der Waals surface area contributed by atoms with Crippen molar-refractivity contribution in [2.24, 2.45) is 0 Å². The van der Waals surface area contributed by atoms with Gasteiger partial charge in [0.25, 0.3) is 0 Å². The van der Waals surface area contributed by atoms with Gasteiger partial charge in [-0.15, -0.1) is 0 Å². The molecule has 2 rings (SSSR count). The molecule has 0 aromatic heterocycles. The van der Waals surface area contributed by atoms with Crippen molar-refractivity contribution in [2.75, 3.05) is 6.66 Å². The summed E-state index contributed by atoms with van der Waals surface area (Å²) in [7, 11) is -2.79. The van der Waals surface area contributed by atoms with Crippen LogP contribution in [0.1, 0.15) is 59.2 Å². The van der Waals surface area contributed by atoms with Crippen molar-refractivity contribution in [1.82, 2.24) is 0 Å². The van der Waals surface area contributed by atoms with Crippen LogP contribution in [-0.4, -0.2) is 17.8 Å². The lowest BCUT2D eigenvalue weighted by Crippen LogP contribution is -2.19. The summed E-state index contributed by atoms with van der Waals surface area (Å²) in [5.74, 6) is 0. The predicted molar refractivity (Wildman–Crippen MR) is 85.4 cm³/mol. The molecule has 110 valence electrons. The molecular formula is C17H25O2P. The Labute approximate surface area is 122 Å². The average Bonchev–Trinajstić information content (AvgIpc) is 2.38. The number of carbonyl (C=O) groups excluding carboxylic acids is 1. The van der Waals surface area contributed by atoms with Crippen LogP contribution in [0.3, 0.4) is 0 Å². The van der Waals surface area contributed by atoms with Gasteiger partial charge in [0.15, 0.2) is 7.14 Å². The Balaban J connectivity index is 2.37. The fourth-order valence-electron chi connectivity index (χ4n) is 3.48. The number of rotatable bonds is 3. The Morgan fingerprint density at radius 3 is 2.05 bits per heavy atom. The molecule has 1 fully saturated rings. The van der Waals surface area contributed by atoms with E-state index in [1.54, 1.807) is 6.66 Å². The smallest absolute Gasteiger partial charge is 0.221 e. The molecule has 0 spiro atoms. The second kappa shape index (κ2) is 5.85. The first-order chi connectivity index (χ1) is 9.34. The molecular weight excluding hydrogens is 267 g/mol. The molecule has 20 heavy (non-hydrogen) atoms. The third-order valence-electron chi connectivity index (χ3n) is 4.57. The van der Waals surface area contributed by atoms with E-state index in [9.17, 15) is 9.36 Å². The molecule has 1 aromatic carbocycles. The summed E-state index contributed by atoms with van der Waals surface area (Å²) in [5, 5.41) is 0. The van der Waals surface area contributed by atoms with E-state index in [0.29, 0.717) is 5.56 Å².